The molecule has 0 bridgehead atoms. The Hall–Kier alpha value is -2.25. The predicted octanol–water partition coefficient (Wildman–Crippen LogP) is 5.99. The van der Waals surface area contributed by atoms with Crippen molar-refractivity contribution in [3.63, 3.8) is 0 Å². The summed E-state index contributed by atoms with van der Waals surface area (Å²) in [4.78, 5) is 15.2. The van der Waals surface area contributed by atoms with E-state index in [9.17, 15) is 18.0 Å². The number of alkyl halides is 3. The molecular formula is C19H14ClF3N2OS. The number of fused-ring (bicyclic) bond motifs is 3. The fourth-order valence-corrected chi connectivity index (χ4v) is 4.72. The smallest absolute Gasteiger partial charge is 0.330 e. The molecule has 4 aromatic rings. The van der Waals surface area contributed by atoms with Crippen LogP contribution in [0.3, 0.4) is 0 Å². The van der Waals surface area contributed by atoms with Gasteiger partial charge < -0.3 is 9.55 Å². The number of rotatable bonds is 3. The Bertz CT molecular complexity index is 1210. The number of hydrogen-bond acceptors (Lipinski definition) is 2. The molecule has 8 heteroatoms. The van der Waals surface area contributed by atoms with E-state index in [2.05, 4.69) is 4.98 Å². The van der Waals surface area contributed by atoms with Gasteiger partial charge in [0.25, 0.3) is 0 Å². The molecule has 0 aliphatic heterocycles. The maximum absolute atomic E-state index is 13.4. The first-order valence-corrected chi connectivity index (χ1v) is 9.53. The van der Waals surface area contributed by atoms with Crippen LogP contribution in [0.25, 0.3) is 32.4 Å². The van der Waals surface area contributed by atoms with Crippen molar-refractivity contribution in [1.82, 2.24) is 9.55 Å². The lowest BCUT2D eigenvalue weighted by Gasteiger charge is -2.13. The minimum absolute atomic E-state index is 0.232. The number of benzene rings is 1. The summed E-state index contributed by atoms with van der Waals surface area (Å²) in [6.45, 7) is 0.811. The number of H-pyrrole nitrogens is 1. The molecule has 3 aromatic heterocycles. The highest BCUT2D eigenvalue weighted by Crippen LogP contribution is 2.42. The number of thiophene rings is 1. The van der Waals surface area contributed by atoms with Gasteiger partial charge in [0.15, 0.2) is 0 Å². The fraction of sp³-hybridized carbons (Fsp3) is 0.211. The zero-order chi connectivity index (χ0) is 19.3. The number of aromatic amines is 1. The molecule has 0 radical (unpaired) electrons. The Morgan fingerprint density at radius 3 is 2.63 bits per heavy atom. The van der Waals surface area contributed by atoms with E-state index in [-0.39, 0.29) is 10.6 Å². The van der Waals surface area contributed by atoms with E-state index in [1.54, 1.807) is 12.1 Å². The van der Waals surface area contributed by atoms with Crippen LogP contribution >= 0.6 is 22.9 Å². The zero-order valence-corrected chi connectivity index (χ0v) is 15.7. The maximum atomic E-state index is 13.4. The van der Waals surface area contributed by atoms with E-state index in [0.717, 1.165) is 10.4 Å². The summed E-state index contributed by atoms with van der Waals surface area (Å²) in [5.41, 5.74) is 1.95. The number of halogens is 4. The summed E-state index contributed by atoms with van der Waals surface area (Å²) in [7, 11) is 0. The highest BCUT2D eigenvalue weighted by molar-refractivity contribution is 7.13. The first kappa shape index (κ1) is 18.1. The first-order valence-electron chi connectivity index (χ1n) is 8.27. The fourth-order valence-electron chi connectivity index (χ4n) is 3.61. The third kappa shape index (κ3) is 3.04. The molecule has 140 valence electrons. The van der Waals surface area contributed by atoms with Crippen molar-refractivity contribution >= 4 is 44.7 Å². The van der Waals surface area contributed by atoms with Crippen LogP contribution < -0.4 is 5.56 Å². The van der Waals surface area contributed by atoms with E-state index in [4.69, 9.17) is 11.6 Å². The Kier molecular flexibility index (Phi) is 4.31. The van der Waals surface area contributed by atoms with Gasteiger partial charge in [0.2, 0.25) is 5.56 Å². The molecule has 0 aliphatic carbocycles. The lowest BCUT2D eigenvalue weighted by Crippen LogP contribution is -2.18. The molecule has 0 saturated carbocycles. The lowest BCUT2D eigenvalue weighted by molar-refractivity contribution is -0.139. The van der Waals surface area contributed by atoms with Gasteiger partial charge in [0.1, 0.15) is 6.54 Å². The van der Waals surface area contributed by atoms with Gasteiger partial charge in [-0.05, 0) is 35.6 Å². The molecule has 0 spiro atoms. The van der Waals surface area contributed by atoms with Gasteiger partial charge in [0.05, 0.1) is 21.1 Å². The van der Waals surface area contributed by atoms with Crippen LogP contribution in [0.15, 0.2) is 40.5 Å². The monoisotopic (exact) mass is 410 g/mol. The standard InChI is InChI=1S/C19H14ClF3N2OS/c1-2-10-16-13(6-5-12-17(16)11(20)8-15(26)24-12)25(9-19(21,22)23)18(10)14-4-3-7-27-14/h3-8H,2,9H2,1H3,(H,24,26). The van der Waals surface area contributed by atoms with Crippen molar-refractivity contribution in [2.75, 3.05) is 0 Å². The molecule has 3 heterocycles. The first-order chi connectivity index (χ1) is 12.8. The number of nitrogens with one attached hydrogen (secondary N) is 1. The Labute approximate surface area is 161 Å². The number of aryl methyl sites for hydroxylation is 1. The largest absolute Gasteiger partial charge is 0.406 e. The molecule has 0 fully saturated rings. The third-order valence-corrected chi connectivity index (χ3v) is 5.71. The summed E-state index contributed by atoms with van der Waals surface area (Å²) in [6, 6.07) is 8.12. The van der Waals surface area contributed by atoms with Gasteiger partial charge >= 0.3 is 6.18 Å². The van der Waals surface area contributed by atoms with E-state index in [0.29, 0.717) is 33.9 Å². The molecule has 0 amide bonds. The Morgan fingerprint density at radius 2 is 2.00 bits per heavy atom. The quantitative estimate of drug-likeness (QED) is 0.442. The van der Waals surface area contributed by atoms with Gasteiger partial charge in [-0.15, -0.1) is 11.3 Å². The van der Waals surface area contributed by atoms with Crippen LogP contribution in [0.5, 0.6) is 0 Å². The topological polar surface area (TPSA) is 37.8 Å². The lowest BCUT2D eigenvalue weighted by atomic mass is 10.0. The summed E-state index contributed by atoms with van der Waals surface area (Å²) >= 11 is 7.73. The van der Waals surface area contributed by atoms with Gasteiger partial charge in [-0.3, -0.25) is 4.79 Å². The molecule has 4 rings (SSSR count). The third-order valence-electron chi connectivity index (χ3n) is 4.53. The summed E-state index contributed by atoms with van der Waals surface area (Å²) in [5, 5.41) is 3.30. The van der Waals surface area contributed by atoms with Gasteiger partial charge in [-0.25, -0.2) is 0 Å². The second kappa shape index (κ2) is 6.42. The highest BCUT2D eigenvalue weighted by Gasteiger charge is 2.32. The highest BCUT2D eigenvalue weighted by atomic mass is 35.5. The van der Waals surface area contributed by atoms with Crippen molar-refractivity contribution in [2.24, 2.45) is 0 Å². The van der Waals surface area contributed by atoms with Gasteiger partial charge in [0, 0.05) is 22.4 Å². The van der Waals surface area contributed by atoms with E-state index >= 15 is 0 Å². The summed E-state index contributed by atoms with van der Waals surface area (Å²) in [5.74, 6) is 0. The van der Waals surface area contributed by atoms with Crippen molar-refractivity contribution in [3.05, 3.63) is 56.7 Å². The molecule has 0 atom stereocenters. The van der Waals surface area contributed by atoms with Crippen LogP contribution in [-0.2, 0) is 13.0 Å². The molecule has 0 unspecified atom stereocenters. The average molecular weight is 411 g/mol. The van der Waals surface area contributed by atoms with Crippen molar-refractivity contribution in [3.8, 4) is 10.6 Å². The second-order valence-electron chi connectivity index (χ2n) is 6.22. The molecule has 27 heavy (non-hydrogen) atoms. The van der Waals surface area contributed by atoms with E-state index in [1.807, 2.05) is 24.4 Å². The van der Waals surface area contributed by atoms with Crippen molar-refractivity contribution < 1.29 is 13.2 Å². The Morgan fingerprint density at radius 1 is 1.22 bits per heavy atom. The van der Waals surface area contributed by atoms with Crippen molar-refractivity contribution in [2.45, 2.75) is 26.1 Å². The minimum atomic E-state index is -4.37. The Balaban J connectivity index is 2.21. The molecule has 0 aliphatic rings. The van der Waals surface area contributed by atoms with Crippen LogP contribution in [0, 0.1) is 0 Å². The predicted molar refractivity (Wildman–Crippen MR) is 104 cm³/mol. The SMILES string of the molecule is CCc1c(-c2cccs2)n(CC(F)(F)F)c2ccc3[nH]c(=O)cc(Cl)c3c12. The molecule has 1 N–H and O–H groups in total. The summed E-state index contributed by atoms with van der Waals surface area (Å²) in [6.07, 6.45) is -3.84. The summed E-state index contributed by atoms with van der Waals surface area (Å²) < 4.78 is 41.4. The van der Waals surface area contributed by atoms with Crippen LogP contribution in [0.2, 0.25) is 5.02 Å². The molecular weight excluding hydrogens is 397 g/mol. The second-order valence-corrected chi connectivity index (χ2v) is 7.58. The molecule has 0 saturated heterocycles. The zero-order valence-electron chi connectivity index (χ0n) is 14.2. The van der Waals surface area contributed by atoms with Crippen LogP contribution in [0.4, 0.5) is 13.2 Å². The normalized spacial score (nSPS) is 12.3. The maximum Gasteiger partial charge on any atom is 0.406 e. The number of aromatic nitrogens is 2. The number of hydrogen-bond donors (Lipinski definition) is 1. The van der Waals surface area contributed by atoms with Gasteiger partial charge in [-0.1, -0.05) is 24.6 Å². The van der Waals surface area contributed by atoms with Gasteiger partial charge in [-0.2, -0.15) is 13.2 Å². The van der Waals surface area contributed by atoms with Crippen LogP contribution in [-0.4, -0.2) is 15.7 Å². The number of pyridine rings is 1. The van der Waals surface area contributed by atoms with E-state index < -0.39 is 12.7 Å². The van der Waals surface area contributed by atoms with E-state index in [1.165, 1.54) is 22.0 Å². The average Bonchev–Trinajstić information content (AvgIpc) is 3.18. The van der Waals surface area contributed by atoms with Crippen LogP contribution in [0.1, 0.15) is 12.5 Å². The molecule has 3 nitrogen and oxygen atoms in total. The minimum Gasteiger partial charge on any atom is -0.330 e. The van der Waals surface area contributed by atoms with Crippen molar-refractivity contribution in [1.29, 1.82) is 0 Å². The number of nitrogens with zero attached hydrogens (tertiary/aromatic N) is 1. The molecule has 1 aromatic carbocycles.